The summed E-state index contributed by atoms with van der Waals surface area (Å²) in [5.41, 5.74) is 2.00. The largest absolute Gasteiger partial charge is 0.469 e. The van der Waals surface area contributed by atoms with Gasteiger partial charge in [0, 0.05) is 5.41 Å². The van der Waals surface area contributed by atoms with Gasteiger partial charge in [-0.25, -0.2) is 0 Å². The predicted octanol–water partition coefficient (Wildman–Crippen LogP) is 5.05. The maximum Gasteiger partial charge on any atom is 0.311 e. The van der Waals surface area contributed by atoms with Crippen LogP contribution in [0.4, 0.5) is 0 Å². The SMILES string of the molecule is COC(=O)[C@@H]1C[C@]2(C)CCc3ccccc3[C@]12O[Si](C)(C)C(C)(C)C. The Labute approximate surface area is 153 Å². The number of fused-ring (bicyclic) bond motifs is 3. The molecule has 3 nitrogen and oxygen atoms in total. The van der Waals surface area contributed by atoms with Gasteiger partial charge in [0.25, 0.3) is 0 Å². The fraction of sp³-hybridized carbons (Fsp3) is 0.667. The van der Waals surface area contributed by atoms with Gasteiger partial charge in [-0.1, -0.05) is 52.0 Å². The Morgan fingerprint density at radius 2 is 1.88 bits per heavy atom. The third kappa shape index (κ3) is 2.52. The summed E-state index contributed by atoms with van der Waals surface area (Å²) >= 11 is 0. The number of carbonyl (C=O) groups is 1. The van der Waals surface area contributed by atoms with Crippen molar-refractivity contribution in [1.29, 1.82) is 0 Å². The molecule has 1 aromatic carbocycles. The molecular weight excluding hydrogens is 328 g/mol. The normalized spacial score (nSPS) is 31.6. The number of rotatable bonds is 3. The molecule has 2 aliphatic carbocycles. The first-order valence-electron chi connectivity index (χ1n) is 9.35. The zero-order chi connectivity index (χ0) is 18.7. The molecule has 3 atom stereocenters. The molecule has 25 heavy (non-hydrogen) atoms. The predicted molar refractivity (Wildman–Crippen MR) is 103 cm³/mol. The minimum absolute atomic E-state index is 0.00424. The standard InChI is InChI=1S/C21H32O3Si/c1-19(2,3)25(6,7)24-21-16-11-9-8-10-15(16)12-13-20(21,4)14-17(21)18(22)23-5/h8-11,17H,12-14H2,1-7H3/t17-,20-,21-/m0/s1. The van der Waals surface area contributed by atoms with Crippen LogP contribution in [0.2, 0.25) is 18.1 Å². The Morgan fingerprint density at radius 3 is 2.48 bits per heavy atom. The Hall–Kier alpha value is -1.13. The second-order valence-corrected chi connectivity index (χ2v) is 14.3. The van der Waals surface area contributed by atoms with E-state index >= 15 is 0 Å². The molecule has 1 aromatic rings. The Kier molecular flexibility index (Phi) is 4.24. The van der Waals surface area contributed by atoms with Crippen molar-refractivity contribution in [3.63, 3.8) is 0 Å². The third-order valence-electron chi connectivity index (χ3n) is 7.11. The van der Waals surface area contributed by atoms with Crippen LogP contribution in [0.5, 0.6) is 0 Å². The second kappa shape index (κ2) is 5.68. The molecule has 0 unspecified atom stereocenters. The number of carbonyl (C=O) groups excluding carboxylic acids is 1. The summed E-state index contributed by atoms with van der Waals surface area (Å²) in [4.78, 5) is 12.7. The van der Waals surface area contributed by atoms with Gasteiger partial charge in [-0.15, -0.1) is 0 Å². The zero-order valence-corrected chi connectivity index (χ0v) is 17.7. The molecule has 2 aliphatic rings. The second-order valence-electron chi connectivity index (χ2n) is 9.60. The number of hydrogen-bond donors (Lipinski definition) is 0. The molecule has 0 N–H and O–H groups in total. The van der Waals surface area contributed by atoms with Crippen LogP contribution >= 0.6 is 0 Å². The van der Waals surface area contributed by atoms with E-state index < -0.39 is 13.9 Å². The van der Waals surface area contributed by atoms with Gasteiger partial charge in [0.15, 0.2) is 8.32 Å². The maximum atomic E-state index is 12.7. The number of methoxy groups -OCH3 is 1. The van der Waals surface area contributed by atoms with E-state index in [9.17, 15) is 4.79 Å². The van der Waals surface area contributed by atoms with E-state index in [2.05, 4.69) is 65.1 Å². The lowest BCUT2D eigenvalue weighted by Gasteiger charge is -2.67. The van der Waals surface area contributed by atoms with Crippen molar-refractivity contribution in [2.24, 2.45) is 11.3 Å². The average molecular weight is 361 g/mol. The Balaban J connectivity index is 2.18. The Morgan fingerprint density at radius 1 is 1.24 bits per heavy atom. The highest BCUT2D eigenvalue weighted by atomic mass is 28.4. The first kappa shape index (κ1) is 18.7. The molecule has 0 bridgehead atoms. The molecule has 138 valence electrons. The van der Waals surface area contributed by atoms with Crippen LogP contribution in [0.15, 0.2) is 24.3 Å². The molecule has 0 spiro atoms. The highest BCUT2D eigenvalue weighted by Crippen LogP contribution is 2.68. The minimum atomic E-state index is -2.08. The van der Waals surface area contributed by atoms with Gasteiger partial charge in [0.2, 0.25) is 0 Å². The van der Waals surface area contributed by atoms with E-state index in [0.717, 1.165) is 19.3 Å². The van der Waals surface area contributed by atoms with Crippen LogP contribution in [0.25, 0.3) is 0 Å². The minimum Gasteiger partial charge on any atom is -0.469 e. The van der Waals surface area contributed by atoms with Crippen molar-refractivity contribution in [1.82, 2.24) is 0 Å². The highest BCUT2D eigenvalue weighted by Gasteiger charge is 2.70. The molecule has 1 saturated carbocycles. The van der Waals surface area contributed by atoms with Gasteiger partial charge in [0.1, 0.15) is 5.60 Å². The summed E-state index contributed by atoms with van der Waals surface area (Å²) in [6, 6.07) is 8.54. The molecule has 0 aliphatic heterocycles. The number of hydrogen-bond acceptors (Lipinski definition) is 3. The molecule has 0 amide bonds. The fourth-order valence-corrected chi connectivity index (χ4v) is 6.15. The monoisotopic (exact) mass is 360 g/mol. The van der Waals surface area contributed by atoms with Crippen molar-refractivity contribution in [2.45, 2.75) is 70.7 Å². The lowest BCUT2D eigenvalue weighted by atomic mass is 9.45. The summed E-state index contributed by atoms with van der Waals surface area (Å²) in [7, 11) is -0.586. The fourth-order valence-electron chi connectivity index (χ4n) is 4.54. The van der Waals surface area contributed by atoms with E-state index in [0.29, 0.717) is 0 Å². The van der Waals surface area contributed by atoms with Crippen molar-refractivity contribution in [3.8, 4) is 0 Å². The molecule has 0 radical (unpaired) electrons. The molecule has 4 heteroatoms. The number of benzene rings is 1. The summed E-state index contributed by atoms with van der Waals surface area (Å²) < 4.78 is 12.3. The van der Waals surface area contributed by atoms with Crippen LogP contribution in [0, 0.1) is 11.3 Å². The summed E-state index contributed by atoms with van der Waals surface area (Å²) in [6.45, 7) is 13.6. The number of aryl methyl sites for hydroxylation is 1. The molecule has 3 rings (SSSR count). The molecule has 0 heterocycles. The highest BCUT2D eigenvalue weighted by molar-refractivity contribution is 6.74. The smallest absolute Gasteiger partial charge is 0.311 e. The zero-order valence-electron chi connectivity index (χ0n) is 16.7. The van der Waals surface area contributed by atoms with E-state index in [1.807, 2.05) is 0 Å². The molecular formula is C21H32O3Si. The lowest BCUT2D eigenvalue weighted by Crippen LogP contribution is -2.69. The molecule has 1 fully saturated rings. The summed E-state index contributed by atoms with van der Waals surface area (Å²) in [6.07, 6.45) is 2.97. The van der Waals surface area contributed by atoms with Crippen molar-refractivity contribution in [2.75, 3.05) is 7.11 Å². The Bertz CT molecular complexity index is 691. The number of esters is 1. The van der Waals surface area contributed by atoms with E-state index in [1.54, 1.807) is 0 Å². The maximum absolute atomic E-state index is 12.7. The van der Waals surface area contributed by atoms with Crippen LogP contribution in [-0.2, 0) is 26.0 Å². The van der Waals surface area contributed by atoms with Crippen LogP contribution < -0.4 is 0 Å². The molecule has 0 aromatic heterocycles. The van der Waals surface area contributed by atoms with Gasteiger partial charge in [-0.05, 0) is 48.5 Å². The topological polar surface area (TPSA) is 35.5 Å². The van der Waals surface area contributed by atoms with Crippen molar-refractivity contribution in [3.05, 3.63) is 35.4 Å². The first-order valence-corrected chi connectivity index (χ1v) is 12.3. The first-order chi connectivity index (χ1) is 11.5. The summed E-state index contributed by atoms with van der Waals surface area (Å²) in [5, 5.41) is 0.0886. The summed E-state index contributed by atoms with van der Waals surface area (Å²) in [5.74, 6) is -0.342. The van der Waals surface area contributed by atoms with Gasteiger partial charge < -0.3 is 9.16 Å². The van der Waals surface area contributed by atoms with E-state index in [-0.39, 0.29) is 22.3 Å². The van der Waals surface area contributed by atoms with Crippen LogP contribution in [-0.4, -0.2) is 21.4 Å². The van der Waals surface area contributed by atoms with Crippen LogP contribution in [0.1, 0.15) is 51.7 Å². The van der Waals surface area contributed by atoms with Crippen molar-refractivity contribution < 1.29 is 14.0 Å². The average Bonchev–Trinajstić information content (AvgIpc) is 2.53. The van der Waals surface area contributed by atoms with Gasteiger partial charge >= 0.3 is 5.97 Å². The van der Waals surface area contributed by atoms with Gasteiger partial charge in [-0.3, -0.25) is 4.79 Å². The van der Waals surface area contributed by atoms with E-state index in [1.165, 1.54) is 18.2 Å². The van der Waals surface area contributed by atoms with Gasteiger partial charge in [-0.2, -0.15) is 0 Å². The van der Waals surface area contributed by atoms with Crippen molar-refractivity contribution >= 4 is 14.3 Å². The lowest BCUT2D eigenvalue weighted by molar-refractivity contribution is -0.226. The number of ether oxygens (including phenoxy) is 1. The van der Waals surface area contributed by atoms with Gasteiger partial charge in [0.05, 0.1) is 13.0 Å². The van der Waals surface area contributed by atoms with Crippen LogP contribution in [0.3, 0.4) is 0 Å². The third-order valence-corrected chi connectivity index (χ3v) is 11.6. The molecule has 0 saturated heterocycles. The quantitative estimate of drug-likeness (QED) is 0.559. The van der Waals surface area contributed by atoms with E-state index in [4.69, 9.17) is 9.16 Å².